The topological polar surface area (TPSA) is 73.1 Å². The van der Waals surface area contributed by atoms with Gasteiger partial charge in [0.05, 0.1) is 12.1 Å². The van der Waals surface area contributed by atoms with E-state index in [2.05, 4.69) is 0 Å². The molecular weight excluding hydrogens is 364 g/mol. The molecule has 1 amide bonds. The van der Waals surface area contributed by atoms with Crippen LogP contribution in [0.5, 0.6) is 0 Å². The lowest BCUT2D eigenvalue weighted by Gasteiger charge is -2.27. The minimum Gasteiger partial charge on any atom is -0.465 e. The summed E-state index contributed by atoms with van der Waals surface area (Å²) >= 11 is 0. The summed E-state index contributed by atoms with van der Waals surface area (Å²) in [7, 11) is 0. The lowest BCUT2D eigenvalue weighted by Crippen LogP contribution is -2.36. The summed E-state index contributed by atoms with van der Waals surface area (Å²) in [5.74, 6) is 0.372. The second-order valence-corrected chi connectivity index (χ2v) is 7.04. The number of aliphatic imine (C=N–C) groups is 1. The standard InChI is InChI=1S/C24H22N2O3/c27-20(17-10-4-1-5-11-17)16-21-25-22(18-12-6-2-7-13-18)23(26(21)24(28)29)19-14-8-3-9-15-19/h1-15,20,22-23,27H,16H2,(H,28,29)/t20?,22-,23+/m1/s1. The maximum absolute atomic E-state index is 12.3. The van der Waals surface area contributed by atoms with E-state index in [4.69, 9.17) is 4.99 Å². The number of hydrogen-bond acceptors (Lipinski definition) is 3. The number of nitrogens with zero attached hydrogens (tertiary/aromatic N) is 2. The summed E-state index contributed by atoms with van der Waals surface area (Å²) in [5.41, 5.74) is 2.55. The first-order valence-electron chi connectivity index (χ1n) is 9.57. The normalized spacial score (nSPS) is 19.6. The highest BCUT2D eigenvalue weighted by Gasteiger charge is 2.42. The number of amides is 1. The van der Waals surface area contributed by atoms with E-state index in [9.17, 15) is 15.0 Å². The Morgan fingerprint density at radius 2 is 1.38 bits per heavy atom. The van der Waals surface area contributed by atoms with E-state index in [0.717, 1.165) is 16.7 Å². The third-order valence-corrected chi connectivity index (χ3v) is 5.19. The van der Waals surface area contributed by atoms with E-state index in [1.807, 2.05) is 91.0 Å². The Kier molecular flexibility index (Phi) is 5.40. The Labute approximate surface area is 169 Å². The first-order chi connectivity index (χ1) is 14.1. The molecule has 1 unspecified atom stereocenters. The number of rotatable bonds is 5. The van der Waals surface area contributed by atoms with Gasteiger partial charge in [-0.2, -0.15) is 0 Å². The molecule has 4 rings (SSSR count). The second-order valence-electron chi connectivity index (χ2n) is 7.04. The third kappa shape index (κ3) is 3.91. The first kappa shape index (κ1) is 18.9. The van der Waals surface area contributed by atoms with Gasteiger partial charge in [-0.15, -0.1) is 0 Å². The third-order valence-electron chi connectivity index (χ3n) is 5.19. The highest BCUT2D eigenvalue weighted by Crippen LogP contribution is 2.43. The van der Waals surface area contributed by atoms with Gasteiger partial charge in [-0.25, -0.2) is 4.79 Å². The van der Waals surface area contributed by atoms with Gasteiger partial charge in [0.15, 0.2) is 0 Å². The van der Waals surface area contributed by atoms with Gasteiger partial charge in [0, 0.05) is 6.42 Å². The fourth-order valence-corrected chi connectivity index (χ4v) is 3.83. The molecule has 0 bridgehead atoms. The summed E-state index contributed by atoms with van der Waals surface area (Å²) in [4.78, 5) is 18.3. The van der Waals surface area contributed by atoms with Gasteiger partial charge >= 0.3 is 6.09 Å². The molecule has 0 saturated carbocycles. The molecule has 1 heterocycles. The Bertz CT molecular complexity index is 990. The van der Waals surface area contributed by atoms with Crippen molar-refractivity contribution in [2.24, 2.45) is 4.99 Å². The first-order valence-corrected chi connectivity index (χ1v) is 9.57. The predicted molar refractivity (Wildman–Crippen MR) is 112 cm³/mol. The molecule has 2 N–H and O–H groups in total. The van der Waals surface area contributed by atoms with Crippen molar-refractivity contribution in [3.63, 3.8) is 0 Å². The second kappa shape index (κ2) is 8.29. The van der Waals surface area contributed by atoms with E-state index in [1.54, 1.807) is 0 Å². The van der Waals surface area contributed by atoms with Crippen LogP contribution in [0.25, 0.3) is 0 Å². The highest BCUT2D eigenvalue weighted by molar-refractivity contribution is 5.97. The smallest absolute Gasteiger partial charge is 0.413 e. The Morgan fingerprint density at radius 1 is 0.862 bits per heavy atom. The summed E-state index contributed by atoms with van der Waals surface area (Å²) in [6, 6.07) is 27.6. The molecule has 29 heavy (non-hydrogen) atoms. The number of carboxylic acid groups (broad SMARTS) is 1. The number of aliphatic hydroxyl groups excluding tert-OH is 1. The zero-order valence-corrected chi connectivity index (χ0v) is 15.8. The van der Waals surface area contributed by atoms with Crippen molar-refractivity contribution in [3.8, 4) is 0 Å². The molecular formula is C24H22N2O3. The van der Waals surface area contributed by atoms with Crippen molar-refractivity contribution in [1.29, 1.82) is 0 Å². The van der Waals surface area contributed by atoms with Gasteiger partial charge in [-0.3, -0.25) is 9.89 Å². The molecule has 0 saturated heterocycles. The van der Waals surface area contributed by atoms with Crippen LogP contribution in [-0.4, -0.2) is 27.0 Å². The van der Waals surface area contributed by atoms with Crippen LogP contribution in [-0.2, 0) is 0 Å². The SMILES string of the molecule is O=C(O)N1C(CC(O)c2ccccc2)=N[C@H](c2ccccc2)[C@@H]1c1ccccc1. The van der Waals surface area contributed by atoms with E-state index in [0.29, 0.717) is 5.84 Å². The molecule has 1 aliphatic rings. The van der Waals surface area contributed by atoms with Crippen molar-refractivity contribution in [2.45, 2.75) is 24.6 Å². The highest BCUT2D eigenvalue weighted by atomic mass is 16.4. The van der Waals surface area contributed by atoms with Gasteiger partial charge in [0.2, 0.25) is 0 Å². The Morgan fingerprint density at radius 3 is 1.93 bits per heavy atom. The maximum Gasteiger partial charge on any atom is 0.413 e. The lowest BCUT2D eigenvalue weighted by atomic mass is 9.94. The van der Waals surface area contributed by atoms with Crippen LogP contribution in [0.4, 0.5) is 4.79 Å². The molecule has 0 radical (unpaired) electrons. The zero-order chi connectivity index (χ0) is 20.2. The van der Waals surface area contributed by atoms with Crippen LogP contribution in [0.1, 0.15) is 41.3 Å². The molecule has 0 spiro atoms. The number of benzene rings is 3. The summed E-state index contributed by atoms with van der Waals surface area (Å²) in [6.07, 6.45) is -1.78. The number of amidine groups is 1. The fourth-order valence-electron chi connectivity index (χ4n) is 3.83. The quantitative estimate of drug-likeness (QED) is 0.649. The monoisotopic (exact) mass is 386 g/mol. The van der Waals surface area contributed by atoms with Crippen molar-refractivity contribution < 1.29 is 15.0 Å². The fraction of sp³-hybridized carbons (Fsp3) is 0.167. The largest absolute Gasteiger partial charge is 0.465 e. The van der Waals surface area contributed by atoms with E-state index >= 15 is 0 Å². The molecule has 3 aromatic rings. The lowest BCUT2D eigenvalue weighted by molar-refractivity contribution is 0.151. The summed E-state index contributed by atoms with van der Waals surface area (Å²) < 4.78 is 0. The average Bonchev–Trinajstić information content (AvgIpc) is 3.15. The van der Waals surface area contributed by atoms with Crippen molar-refractivity contribution in [1.82, 2.24) is 4.90 Å². The minimum atomic E-state index is -1.07. The maximum atomic E-state index is 12.3. The van der Waals surface area contributed by atoms with E-state index < -0.39 is 18.2 Å². The van der Waals surface area contributed by atoms with Gasteiger partial charge in [-0.1, -0.05) is 91.0 Å². The molecule has 0 aromatic heterocycles. The number of hydrogen-bond donors (Lipinski definition) is 2. The van der Waals surface area contributed by atoms with Crippen LogP contribution < -0.4 is 0 Å². The summed E-state index contributed by atoms with van der Waals surface area (Å²) in [5, 5.41) is 20.7. The number of carbonyl (C=O) groups is 1. The Hall–Kier alpha value is -3.44. The van der Waals surface area contributed by atoms with Crippen molar-refractivity contribution in [3.05, 3.63) is 108 Å². The minimum absolute atomic E-state index is 0.128. The average molecular weight is 386 g/mol. The van der Waals surface area contributed by atoms with Crippen LogP contribution in [0, 0.1) is 0 Å². The van der Waals surface area contributed by atoms with Crippen molar-refractivity contribution >= 4 is 11.9 Å². The van der Waals surface area contributed by atoms with Gasteiger partial charge in [-0.05, 0) is 16.7 Å². The van der Waals surface area contributed by atoms with Crippen LogP contribution >= 0.6 is 0 Å². The van der Waals surface area contributed by atoms with Crippen molar-refractivity contribution in [2.75, 3.05) is 0 Å². The molecule has 5 heteroatoms. The molecule has 3 atom stereocenters. The molecule has 5 nitrogen and oxygen atoms in total. The molecule has 0 fully saturated rings. The Balaban J connectivity index is 1.74. The van der Waals surface area contributed by atoms with Crippen LogP contribution in [0.3, 0.4) is 0 Å². The van der Waals surface area contributed by atoms with Gasteiger partial charge in [0.25, 0.3) is 0 Å². The molecule has 3 aromatic carbocycles. The molecule has 0 aliphatic carbocycles. The number of aliphatic hydroxyl groups is 1. The van der Waals surface area contributed by atoms with E-state index in [-0.39, 0.29) is 12.5 Å². The van der Waals surface area contributed by atoms with Crippen LogP contribution in [0.2, 0.25) is 0 Å². The van der Waals surface area contributed by atoms with Crippen LogP contribution in [0.15, 0.2) is 96.0 Å². The predicted octanol–water partition coefficient (Wildman–Crippen LogP) is 4.98. The summed E-state index contributed by atoms with van der Waals surface area (Å²) in [6.45, 7) is 0. The molecule has 1 aliphatic heterocycles. The zero-order valence-electron chi connectivity index (χ0n) is 15.8. The van der Waals surface area contributed by atoms with Gasteiger partial charge in [0.1, 0.15) is 11.9 Å². The van der Waals surface area contributed by atoms with Gasteiger partial charge < -0.3 is 10.2 Å². The molecule has 146 valence electrons. The van der Waals surface area contributed by atoms with E-state index in [1.165, 1.54) is 4.90 Å².